The van der Waals surface area contributed by atoms with Gasteiger partial charge in [0, 0.05) is 11.8 Å². The molecular formula is C10H13BrO. The van der Waals surface area contributed by atoms with Crippen molar-refractivity contribution in [2.45, 2.75) is 18.9 Å². The van der Waals surface area contributed by atoms with Gasteiger partial charge in [-0.2, -0.15) is 0 Å². The Balaban J connectivity index is 2.64. The van der Waals surface area contributed by atoms with Crippen molar-refractivity contribution in [2.24, 2.45) is 0 Å². The summed E-state index contributed by atoms with van der Waals surface area (Å²) in [6.07, 6.45) is 0.694. The molecule has 1 N–H and O–H groups in total. The third kappa shape index (κ3) is 2.95. The molecular weight excluding hydrogens is 216 g/mol. The summed E-state index contributed by atoms with van der Waals surface area (Å²) in [4.78, 5) is 0. The Morgan fingerprint density at radius 1 is 1.33 bits per heavy atom. The summed E-state index contributed by atoms with van der Waals surface area (Å²) in [6, 6.07) is 10.00. The van der Waals surface area contributed by atoms with E-state index in [9.17, 15) is 5.11 Å². The van der Waals surface area contributed by atoms with E-state index in [4.69, 9.17) is 0 Å². The lowest BCUT2D eigenvalue weighted by Gasteiger charge is -2.19. The second kappa shape index (κ2) is 4.06. The lowest BCUT2D eigenvalue weighted by molar-refractivity contribution is 0.0874. The molecule has 0 heterocycles. The highest BCUT2D eigenvalue weighted by atomic mass is 79.9. The summed E-state index contributed by atoms with van der Waals surface area (Å²) >= 11 is 3.28. The molecule has 2 heteroatoms. The second-order valence-electron chi connectivity index (χ2n) is 3.29. The maximum Gasteiger partial charge on any atom is 0.0756 e. The van der Waals surface area contributed by atoms with Crippen molar-refractivity contribution in [1.29, 1.82) is 0 Å². The monoisotopic (exact) mass is 228 g/mol. The average molecular weight is 229 g/mol. The quantitative estimate of drug-likeness (QED) is 0.789. The van der Waals surface area contributed by atoms with Crippen LogP contribution in [0.25, 0.3) is 0 Å². The smallest absolute Gasteiger partial charge is 0.0756 e. The van der Waals surface area contributed by atoms with Crippen LogP contribution in [0.3, 0.4) is 0 Å². The number of aliphatic hydroxyl groups is 1. The van der Waals surface area contributed by atoms with Crippen LogP contribution >= 0.6 is 15.9 Å². The first-order valence-corrected chi connectivity index (χ1v) is 5.08. The van der Waals surface area contributed by atoms with Crippen LogP contribution in [0, 0.1) is 0 Å². The molecule has 0 saturated heterocycles. The van der Waals surface area contributed by atoms with E-state index in [1.54, 1.807) is 0 Å². The number of rotatable bonds is 3. The Hall–Kier alpha value is -0.340. The third-order valence-electron chi connectivity index (χ3n) is 1.72. The minimum atomic E-state index is -0.638. The van der Waals surface area contributed by atoms with Crippen LogP contribution in [0.2, 0.25) is 0 Å². The molecule has 1 atom stereocenters. The Morgan fingerprint density at radius 3 is 2.42 bits per heavy atom. The van der Waals surface area contributed by atoms with Gasteiger partial charge in [-0.3, -0.25) is 0 Å². The number of alkyl halides is 1. The van der Waals surface area contributed by atoms with E-state index in [0.717, 1.165) is 0 Å². The first kappa shape index (κ1) is 9.75. The van der Waals surface area contributed by atoms with Crippen LogP contribution in [-0.2, 0) is 6.42 Å². The van der Waals surface area contributed by atoms with E-state index in [0.29, 0.717) is 11.8 Å². The number of halogens is 1. The Labute approximate surface area is 81.6 Å². The predicted molar refractivity (Wildman–Crippen MR) is 54.6 cm³/mol. The van der Waals surface area contributed by atoms with Gasteiger partial charge in [0.2, 0.25) is 0 Å². The van der Waals surface area contributed by atoms with Gasteiger partial charge in [-0.15, -0.1) is 0 Å². The van der Waals surface area contributed by atoms with Crippen LogP contribution in [0.1, 0.15) is 12.5 Å². The molecule has 1 aromatic carbocycles. The molecule has 0 saturated carbocycles. The maximum atomic E-state index is 9.73. The molecule has 0 aliphatic heterocycles. The molecule has 0 bridgehead atoms. The number of benzene rings is 1. The van der Waals surface area contributed by atoms with E-state index in [1.165, 1.54) is 5.56 Å². The first-order valence-electron chi connectivity index (χ1n) is 3.96. The molecule has 0 aliphatic carbocycles. The van der Waals surface area contributed by atoms with E-state index in [1.807, 2.05) is 37.3 Å². The van der Waals surface area contributed by atoms with Crippen LogP contribution in [0.4, 0.5) is 0 Å². The van der Waals surface area contributed by atoms with Crippen LogP contribution in [0.15, 0.2) is 30.3 Å². The summed E-state index contributed by atoms with van der Waals surface area (Å²) < 4.78 is 0. The summed E-state index contributed by atoms with van der Waals surface area (Å²) in [5.41, 5.74) is 0.531. The largest absolute Gasteiger partial charge is 0.389 e. The van der Waals surface area contributed by atoms with Gasteiger partial charge in [0.1, 0.15) is 0 Å². The lowest BCUT2D eigenvalue weighted by atomic mass is 9.99. The summed E-state index contributed by atoms with van der Waals surface area (Å²) in [5.74, 6) is 0. The van der Waals surface area contributed by atoms with Crippen LogP contribution in [-0.4, -0.2) is 16.0 Å². The molecule has 0 aliphatic rings. The standard InChI is InChI=1S/C10H13BrO/c1-10(12,8-11)7-9-5-3-2-4-6-9/h2-6,12H,7-8H2,1H3. The highest BCUT2D eigenvalue weighted by Gasteiger charge is 2.18. The highest BCUT2D eigenvalue weighted by molar-refractivity contribution is 9.09. The molecule has 0 fully saturated rings. The average Bonchev–Trinajstić information content (AvgIpc) is 2.06. The van der Waals surface area contributed by atoms with Crippen molar-refractivity contribution in [3.8, 4) is 0 Å². The summed E-state index contributed by atoms with van der Waals surface area (Å²) in [6.45, 7) is 1.83. The Morgan fingerprint density at radius 2 is 1.92 bits per heavy atom. The van der Waals surface area contributed by atoms with Crippen molar-refractivity contribution < 1.29 is 5.11 Å². The zero-order valence-corrected chi connectivity index (χ0v) is 8.71. The number of hydrogen-bond donors (Lipinski definition) is 1. The zero-order chi connectivity index (χ0) is 9.03. The Bertz CT molecular complexity index is 231. The second-order valence-corrected chi connectivity index (χ2v) is 3.85. The van der Waals surface area contributed by atoms with Gasteiger partial charge in [0.15, 0.2) is 0 Å². The van der Waals surface area contributed by atoms with Crippen LogP contribution in [0.5, 0.6) is 0 Å². The molecule has 0 radical (unpaired) electrons. The molecule has 1 aromatic rings. The minimum absolute atomic E-state index is 0.606. The van der Waals surface area contributed by atoms with Gasteiger partial charge < -0.3 is 5.11 Å². The fraction of sp³-hybridized carbons (Fsp3) is 0.400. The normalized spacial score (nSPS) is 15.6. The van der Waals surface area contributed by atoms with Gasteiger partial charge in [-0.1, -0.05) is 46.3 Å². The van der Waals surface area contributed by atoms with Crippen molar-refractivity contribution in [3.63, 3.8) is 0 Å². The van der Waals surface area contributed by atoms with Gasteiger partial charge in [-0.05, 0) is 12.5 Å². The van der Waals surface area contributed by atoms with E-state index in [-0.39, 0.29) is 0 Å². The van der Waals surface area contributed by atoms with Gasteiger partial charge >= 0.3 is 0 Å². The predicted octanol–water partition coefficient (Wildman–Crippen LogP) is 2.38. The van der Waals surface area contributed by atoms with E-state index >= 15 is 0 Å². The van der Waals surface area contributed by atoms with Gasteiger partial charge in [0.05, 0.1) is 5.60 Å². The van der Waals surface area contributed by atoms with Gasteiger partial charge in [-0.25, -0.2) is 0 Å². The summed E-state index contributed by atoms with van der Waals surface area (Å²) in [5, 5.41) is 10.3. The van der Waals surface area contributed by atoms with Crippen molar-refractivity contribution >= 4 is 15.9 Å². The third-order valence-corrected chi connectivity index (χ3v) is 2.92. The van der Waals surface area contributed by atoms with Crippen molar-refractivity contribution in [1.82, 2.24) is 0 Å². The zero-order valence-electron chi connectivity index (χ0n) is 7.13. The Kier molecular flexibility index (Phi) is 3.29. The van der Waals surface area contributed by atoms with E-state index in [2.05, 4.69) is 15.9 Å². The topological polar surface area (TPSA) is 20.2 Å². The fourth-order valence-electron chi connectivity index (χ4n) is 1.08. The van der Waals surface area contributed by atoms with Gasteiger partial charge in [0.25, 0.3) is 0 Å². The molecule has 1 rings (SSSR count). The molecule has 1 unspecified atom stereocenters. The van der Waals surface area contributed by atoms with Crippen LogP contribution < -0.4 is 0 Å². The lowest BCUT2D eigenvalue weighted by Crippen LogP contribution is -2.28. The molecule has 0 amide bonds. The molecule has 1 nitrogen and oxygen atoms in total. The molecule has 0 aromatic heterocycles. The first-order chi connectivity index (χ1) is 5.64. The minimum Gasteiger partial charge on any atom is -0.389 e. The van der Waals surface area contributed by atoms with Crippen molar-refractivity contribution in [2.75, 3.05) is 5.33 Å². The summed E-state index contributed by atoms with van der Waals surface area (Å²) in [7, 11) is 0. The fourth-order valence-corrected chi connectivity index (χ4v) is 1.28. The van der Waals surface area contributed by atoms with Crippen molar-refractivity contribution in [3.05, 3.63) is 35.9 Å². The highest BCUT2D eigenvalue weighted by Crippen LogP contribution is 2.14. The SMILES string of the molecule is CC(O)(CBr)Cc1ccccc1. The molecule has 12 heavy (non-hydrogen) atoms. The number of hydrogen-bond acceptors (Lipinski definition) is 1. The van der Waals surface area contributed by atoms with E-state index < -0.39 is 5.60 Å². The maximum absolute atomic E-state index is 9.73. The molecule has 0 spiro atoms. The molecule has 66 valence electrons.